The number of methoxy groups -OCH3 is 1. The maximum Gasteiger partial charge on any atom is 0.262 e. The fraction of sp³-hybridized carbons (Fsp3) is 0.222. The third-order valence-corrected chi connectivity index (χ3v) is 5.22. The van der Waals surface area contributed by atoms with Crippen LogP contribution in [0.1, 0.15) is 17.6 Å². The van der Waals surface area contributed by atoms with E-state index in [0.29, 0.717) is 17.1 Å². The van der Waals surface area contributed by atoms with E-state index in [1.807, 2.05) is 30.3 Å². The minimum Gasteiger partial charge on any atom is -0.497 e. The number of hydrogen-bond acceptors (Lipinski definition) is 7. The van der Waals surface area contributed by atoms with E-state index in [4.69, 9.17) is 9.26 Å². The molecule has 4 rings (SSSR count). The molecule has 0 N–H and O–H groups in total. The first-order chi connectivity index (χ1) is 12.7. The number of thiophene rings is 1. The zero-order valence-electron chi connectivity index (χ0n) is 14.3. The van der Waals surface area contributed by atoms with Crippen LogP contribution in [0.5, 0.6) is 5.75 Å². The lowest BCUT2D eigenvalue weighted by atomic mass is 10.2. The summed E-state index contributed by atoms with van der Waals surface area (Å²) in [6.45, 7) is 2.27. The Morgan fingerprint density at radius 2 is 2.08 bits per heavy atom. The van der Waals surface area contributed by atoms with E-state index in [0.717, 1.165) is 27.4 Å². The molecule has 0 fully saturated rings. The van der Waals surface area contributed by atoms with Crippen LogP contribution in [-0.2, 0) is 13.0 Å². The number of hydrogen-bond donors (Lipinski definition) is 0. The fourth-order valence-corrected chi connectivity index (χ4v) is 3.54. The lowest BCUT2D eigenvalue weighted by Gasteiger charge is -2.00. The molecule has 0 aliphatic rings. The Balaban J connectivity index is 1.61. The van der Waals surface area contributed by atoms with E-state index in [1.165, 1.54) is 10.9 Å². The second kappa shape index (κ2) is 6.72. The highest BCUT2D eigenvalue weighted by atomic mass is 32.1. The molecule has 0 atom stereocenters. The number of rotatable bonds is 5. The summed E-state index contributed by atoms with van der Waals surface area (Å²) < 4.78 is 11.9. The summed E-state index contributed by atoms with van der Waals surface area (Å²) >= 11 is 1.55. The van der Waals surface area contributed by atoms with Gasteiger partial charge in [0, 0.05) is 10.4 Å². The molecule has 0 spiro atoms. The molecule has 7 nitrogen and oxygen atoms in total. The summed E-state index contributed by atoms with van der Waals surface area (Å²) in [5.41, 5.74) is 0.692. The standard InChI is InChI=1S/C18H16N4O3S/c1-3-13-8-14-17(26-13)19-10-22(18(14)23)9-15-20-16(25-21-15)11-4-6-12(24-2)7-5-11/h4-8,10H,3,9H2,1-2H3. The average molecular weight is 368 g/mol. The molecule has 3 aromatic heterocycles. The van der Waals surface area contributed by atoms with Crippen LogP contribution in [-0.4, -0.2) is 26.8 Å². The van der Waals surface area contributed by atoms with Crippen LogP contribution >= 0.6 is 11.3 Å². The van der Waals surface area contributed by atoms with Crippen LogP contribution in [0.25, 0.3) is 21.7 Å². The number of aromatic nitrogens is 4. The molecule has 3 heterocycles. The van der Waals surface area contributed by atoms with Crippen LogP contribution in [0.2, 0.25) is 0 Å². The SMILES string of the molecule is CCc1cc2c(=O)n(Cc3noc(-c4ccc(OC)cc4)n3)cnc2s1. The van der Waals surface area contributed by atoms with Gasteiger partial charge in [-0.05, 0) is 36.8 Å². The molecule has 8 heteroatoms. The van der Waals surface area contributed by atoms with E-state index in [1.54, 1.807) is 18.4 Å². The number of nitrogens with zero attached hydrogens (tertiary/aromatic N) is 4. The second-order valence-electron chi connectivity index (χ2n) is 5.71. The van der Waals surface area contributed by atoms with Crippen molar-refractivity contribution in [3.8, 4) is 17.2 Å². The smallest absolute Gasteiger partial charge is 0.262 e. The Kier molecular flexibility index (Phi) is 4.26. The van der Waals surface area contributed by atoms with Gasteiger partial charge in [-0.1, -0.05) is 12.1 Å². The van der Waals surface area contributed by atoms with Crippen molar-refractivity contribution in [3.63, 3.8) is 0 Å². The minimum absolute atomic E-state index is 0.0956. The van der Waals surface area contributed by atoms with Crippen molar-refractivity contribution in [3.05, 3.63) is 57.7 Å². The van der Waals surface area contributed by atoms with Gasteiger partial charge >= 0.3 is 0 Å². The maximum atomic E-state index is 12.6. The van der Waals surface area contributed by atoms with E-state index in [9.17, 15) is 4.79 Å². The van der Waals surface area contributed by atoms with Gasteiger partial charge in [0.25, 0.3) is 11.4 Å². The van der Waals surface area contributed by atoms with Crippen LogP contribution < -0.4 is 10.3 Å². The van der Waals surface area contributed by atoms with Crippen LogP contribution in [0.15, 0.2) is 46.0 Å². The molecule has 4 aromatic rings. The van der Waals surface area contributed by atoms with Crippen LogP contribution in [0.4, 0.5) is 0 Å². The second-order valence-corrected chi connectivity index (χ2v) is 6.82. The summed E-state index contributed by atoms with van der Waals surface area (Å²) in [5.74, 6) is 1.57. The first kappa shape index (κ1) is 16.5. The number of benzene rings is 1. The van der Waals surface area contributed by atoms with Gasteiger partial charge in [-0.2, -0.15) is 4.98 Å². The van der Waals surface area contributed by atoms with E-state index in [2.05, 4.69) is 22.0 Å². The van der Waals surface area contributed by atoms with Gasteiger partial charge in [0.05, 0.1) is 25.4 Å². The third kappa shape index (κ3) is 2.99. The quantitative estimate of drug-likeness (QED) is 0.538. The molecule has 0 unspecified atom stereocenters. The van der Waals surface area contributed by atoms with Crippen molar-refractivity contribution in [2.24, 2.45) is 0 Å². The maximum absolute atomic E-state index is 12.6. The molecule has 0 saturated carbocycles. The van der Waals surface area contributed by atoms with E-state index >= 15 is 0 Å². The predicted octanol–water partition coefficient (Wildman–Crippen LogP) is 3.13. The molecule has 0 saturated heterocycles. The summed E-state index contributed by atoms with van der Waals surface area (Å²) in [7, 11) is 1.61. The largest absolute Gasteiger partial charge is 0.497 e. The van der Waals surface area contributed by atoms with Gasteiger partial charge in [-0.15, -0.1) is 11.3 Å². The first-order valence-corrected chi connectivity index (χ1v) is 8.94. The fourth-order valence-electron chi connectivity index (χ4n) is 2.62. The summed E-state index contributed by atoms with van der Waals surface area (Å²) in [6, 6.07) is 9.23. The topological polar surface area (TPSA) is 83.0 Å². The first-order valence-electron chi connectivity index (χ1n) is 8.13. The van der Waals surface area contributed by atoms with Crippen molar-refractivity contribution in [2.75, 3.05) is 7.11 Å². The van der Waals surface area contributed by atoms with Crippen molar-refractivity contribution < 1.29 is 9.26 Å². The lowest BCUT2D eigenvalue weighted by Crippen LogP contribution is -2.21. The van der Waals surface area contributed by atoms with Gasteiger partial charge in [0.2, 0.25) is 0 Å². The molecule has 0 amide bonds. The van der Waals surface area contributed by atoms with E-state index < -0.39 is 0 Å². The zero-order chi connectivity index (χ0) is 18.1. The van der Waals surface area contributed by atoms with Crippen LogP contribution in [0, 0.1) is 0 Å². The molecule has 0 aliphatic heterocycles. The van der Waals surface area contributed by atoms with Crippen molar-refractivity contribution in [1.29, 1.82) is 0 Å². The predicted molar refractivity (Wildman–Crippen MR) is 98.6 cm³/mol. The summed E-state index contributed by atoms with van der Waals surface area (Å²) in [6.07, 6.45) is 2.42. The highest BCUT2D eigenvalue weighted by Crippen LogP contribution is 2.22. The van der Waals surface area contributed by atoms with Crippen molar-refractivity contribution in [2.45, 2.75) is 19.9 Å². The Labute approximate surface area is 152 Å². The van der Waals surface area contributed by atoms with Gasteiger partial charge in [-0.25, -0.2) is 4.98 Å². The highest BCUT2D eigenvalue weighted by Gasteiger charge is 2.13. The molecule has 0 radical (unpaired) electrons. The monoisotopic (exact) mass is 368 g/mol. The highest BCUT2D eigenvalue weighted by molar-refractivity contribution is 7.18. The third-order valence-electron chi connectivity index (χ3n) is 4.03. The Hall–Kier alpha value is -3.00. The molecule has 0 aliphatic carbocycles. The molecule has 1 aromatic carbocycles. The van der Waals surface area contributed by atoms with Crippen molar-refractivity contribution >= 4 is 21.6 Å². The Morgan fingerprint density at radius 1 is 1.27 bits per heavy atom. The zero-order valence-corrected chi connectivity index (χ0v) is 15.1. The van der Waals surface area contributed by atoms with Gasteiger partial charge in [-0.3, -0.25) is 9.36 Å². The number of ether oxygens (including phenoxy) is 1. The van der Waals surface area contributed by atoms with Crippen molar-refractivity contribution in [1.82, 2.24) is 19.7 Å². The summed E-state index contributed by atoms with van der Waals surface area (Å²) in [4.78, 5) is 23.3. The van der Waals surface area contributed by atoms with E-state index in [-0.39, 0.29) is 12.1 Å². The normalized spacial score (nSPS) is 11.2. The van der Waals surface area contributed by atoms with Gasteiger partial charge in [0.1, 0.15) is 10.6 Å². The van der Waals surface area contributed by atoms with Gasteiger partial charge in [0.15, 0.2) is 5.82 Å². The van der Waals surface area contributed by atoms with Gasteiger partial charge < -0.3 is 9.26 Å². The molecule has 0 bridgehead atoms. The molecule has 132 valence electrons. The Morgan fingerprint density at radius 3 is 2.81 bits per heavy atom. The molecular formula is C18H16N4O3S. The Bertz CT molecular complexity index is 1110. The average Bonchev–Trinajstić information content (AvgIpc) is 3.31. The molecule has 26 heavy (non-hydrogen) atoms. The number of fused-ring (bicyclic) bond motifs is 1. The number of aryl methyl sites for hydroxylation is 1. The molecular weight excluding hydrogens is 352 g/mol. The minimum atomic E-state index is -0.0956. The summed E-state index contributed by atoms with van der Waals surface area (Å²) in [5, 5.41) is 4.60. The van der Waals surface area contributed by atoms with Crippen LogP contribution in [0.3, 0.4) is 0 Å². The lowest BCUT2D eigenvalue weighted by molar-refractivity contribution is 0.413.